The van der Waals surface area contributed by atoms with Gasteiger partial charge >= 0.3 is 0 Å². The first-order valence-corrected chi connectivity index (χ1v) is 12.3. The number of alkyl halides is 3. The van der Waals surface area contributed by atoms with Gasteiger partial charge < -0.3 is 25.0 Å². The maximum absolute atomic E-state index is 11.8. The summed E-state index contributed by atoms with van der Waals surface area (Å²) in [6.07, 6.45) is -0.199. The van der Waals surface area contributed by atoms with Crippen LogP contribution in [0.2, 0.25) is 0 Å². The third kappa shape index (κ3) is 7.23. The Morgan fingerprint density at radius 3 is 2.28 bits per heavy atom. The van der Waals surface area contributed by atoms with Gasteiger partial charge in [0.05, 0.1) is 25.4 Å². The number of aliphatic hydroxyl groups is 2. The van der Waals surface area contributed by atoms with E-state index in [2.05, 4.69) is 5.32 Å². The van der Waals surface area contributed by atoms with Gasteiger partial charge in [-0.1, -0.05) is 71.2 Å². The third-order valence-electron chi connectivity index (χ3n) is 4.85. The van der Waals surface area contributed by atoms with E-state index in [1.54, 1.807) is 36.0 Å². The van der Waals surface area contributed by atoms with E-state index < -0.39 is 16.0 Å². The van der Waals surface area contributed by atoms with Gasteiger partial charge in [0.15, 0.2) is 6.29 Å². The maximum Gasteiger partial charge on any atom is 0.276 e. The molecule has 1 fully saturated rings. The lowest BCUT2D eigenvalue weighted by Crippen LogP contribution is -2.31. The van der Waals surface area contributed by atoms with Crippen molar-refractivity contribution in [3.63, 3.8) is 0 Å². The number of nitrogens with one attached hydrogen (secondary N) is 1. The number of rotatable bonds is 8. The summed E-state index contributed by atoms with van der Waals surface area (Å²) in [6.45, 7) is 0.101. The Morgan fingerprint density at radius 1 is 1.03 bits per heavy atom. The molecule has 2 aromatic carbocycles. The van der Waals surface area contributed by atoms with Gasteiger partial charge in [-0.3, -0.25) is 4.79 Å². The molecule has 1 amide bonds. The van der Waals surface area contributed by atoms with Crippen molar-refractivity contribution < 1.29 is 24.5 Å². The van der Waals surface area contributed by atoms with Crippen LogP contribution in [-0.2, 0) is 20.9 Å². The first-order chi connectivity index (χ1) is 15.3. The molecule has 3 unspecified atom stereocenters. The molecule has 1 heterocycles. The second-order valence-electron chi connectivity index (χ2n) is 7.22. The molecule has 174 valence electrons. The average molecular weight is 521 g/mol. The van der Waals surface area contributed by atoms with Gasteiger partial charge in [0.1, 0.15) is 0 Å². The number of hydrogen-bond acceptors (Lipinski definition) is 6. The fraction of sp³-hybridized carbons (Fsp3) is 0.409. The Morgan fingerprint density at radius 2 is 1.69 bits per heavy atom. The van der Waals surface area contributed by atoms with Gasteiger partial charge in [0.2, 0.25) is 0 Å². The lowest BCUT2D eigenvalue weighted by molar-refractivity contribution is -0.245. The number of halogens is 3. The van der Waals surface area contributed by atoms with E-state index >= 15 is 0 Å². The van der Waals surface area contributed by atoms with Crippen LogP contribution in [0.1, 0.15) is 35.5 Å². The van der Waals surface area contributed by atoms with Crippen molar-refractivity contribution in [1.29, 1.82) is 0 Å². The van der Waals surface area contributed by atoms with Crippen molar-refractivity contribution in [1.82, 2.24) is 0 Å². The Hall–Kier alpha value is -1.03. The first-order valence-electron chi connectivity index (χ1n) is 9.97. The minimum Gasteiger partial charge on any atom is -0.396 e. The quantitative estimate of drug-likeness (QED) is 0.344. The molecule has 32 heavy (non-hydrogen) atoms. The number of ether oxygens (including phenoxy) is 2. The minimum absolute atomic E-state index is 0.0148. The summed E-state index contributed by atoms with van der Waals surface area (Å²) in [5.74, 6) is 0.620. The van der Waals surface area contributed by atoms with E-state index in [9.17, 15) is 9.90 Å². The summed E-state index contributed by atoms with van der Waals surface area (Å²) < 4.78 is 10.4. The molecule has 0 spiro atoms. The van der Waals surface area contributed by atoms with Crippen LogP contribution in [0.5, 0.6) is 0 Å². The lowest BCUT2D eigenvalue weighted by atomic mass is 10.0. The molecule has 0 aliphatic carbocycles. The largest absolute Gasteiger partial charge is 0.396 e. The van der Waals surface area contributed by atoms with Crippen LogP contribution in [0.25, 0.3) is 0 Å². The average Bonchev–Trinajstić information content (AvgIpc) is 2.79. The summed E-state index contributed by atoms with van der Waals surface area (Å²) in [6, 6.07) is 14.6. The zero-order valence-corrected chi connectivity index (χ0v) is 20.1. The first kappa shape index (κ1) is 25.6. The molecule has 3 atom stereocenters. The van der Waals surface area contributed by atoms with Crippen LogP contribution >= 0.6 is 46.6 Å². The van der Waals surface area contributed by atoms with E-state index in [4.69, 9.17) is 49.4 Å². The van der Waals surface area contributed by atoms with E-state index in [1.165, 1.54) is 0 Å². The van der Waals surface area contributed by atoms with Gasteiger partial charge in [-0.25, -0.2) is 0 Å². The molecular formula is C22H24Cl3NO5S. The Kier molecular flexibility index (Phi) is 9.52. The van der Waals surface area contributed by atoms with Gasteiger partial charge in [-0.15, -0.1) is 0 Å². The van der Waals surface area contributed by atoms with Crippen LogP contribution in [0.3, 0.4) is 0 Å². The number of thioether (sulfide) groups is 1. The van der Waals surface area contributed by atoms with Crippen molar-refractivity contribution in [3.05, 3.63) is 65.2 Å². The molecule has 10 heteroatoms. The van der Waals surface area contributed by atoms with E-state index in [-0.39, 0.29) is 25.4 Å². The normalized spacial score (nSPS) is 21.3. The van der Waals surface area contributed by atoms with Gasteiger partial charge in [-0.05, 0) is 23.3 Å². The Balaban J connectivity index is 1.74. The highest BCUT2D eigenvalue weighted by Gasteiger charge is 2.33. The highest BCUT2D eigenvalue weighted by atomic mass is 35.6. The zero-order valence-electron chi connectivity index (χ0n) is 17.0. The predicted molar refractivity (Wildman–Crippen MR) is 128 cm³/mol. The highest BCUT2D eigenvalue weighted by Crippen LogP contribution is 2.39. The summed E-state index contributed by atoms with van der Waals surface area (Å²) in [5.41, 5.74) is 3.09. The standard InChI is InChI=1S/C22H24Cl3NO5S/c23-22(24,25)21(29)26-17-7-5-16(6-8-17)20-30-18(13-32-10-9-27)11-19(31-20)15-3-1-14(12-28)2-4-15/h1-8,18-20,27-28H,9-13H2,(H,26,29). The number of anilines is 1. The van der Waals surface area contributed by atoms with Crippen LogP contribution in [-0.4, -0.2) is 44.1 Å². The van der Waals surface area contributed by atoms with Gasteiger partial charge in [-0.2, -0.15) is 11.8 Å². The Bertz CT molecular complexity index is 877. The molecular weight excluding hydrogens is 497 g/mol. The van der Waals surface area contributed by atoms with Crippen molar-refractivity contribution in [2.24, 2.45) is 0 Å². The summed E-state index contributed by atoms with van der Waals surface area (Å²) >= 11 is 18.4. The van der Waals surface area contributed by atoms with Crippen LogP contribution in [0.4, 0.5) is 5.69 Å². The van der Waals surface area contributed by atoms with Gasteiger partial charge in [0, 0.05) is 29.2 Å². The maximum atomic E-state index is 11.8. The van der Waals surface area contributed by atoms with Crippen molar-refractivity contribution in [3.8, 4) is 0 Å². The van der Waals surface area contributed by atoms with Gasteiger partial charge in [0.25, 0.3) is 9.70 Å². The van der Waals surface area contributed by atoms with Crippen LogP contribution < -0.4 is 5.32 Å². The Labute approximate surface area is 206 Å². The number of amides is 1. The number of aliphatic hydroxyl groups excluding tert-OH is 2. The molecule has 0 radical (unpaired) electrons. The zero-order chi connectivity index (χ0) is 23.1. The number of hydrogen-bond donors (Lipinski definition) is 3. The van der Waals surface area contributed by atoms with Crippen molar-refractivity contribution in [2.45, 2.75) is 35.3 Å². The summed E-state index contributed by atoms with van der Waals surface area (Å²) in [7, 11) is 0. The van der Waals surface area contributed by atoms with E-state index in [1.807, 2.05) is 24.3 Å². The molecule has 1 aliphatic rings. The summed E-state index contributed by atoms with van der Waals surface area (Å²) in [5, 5.41) is 20.9. The van der Waals surface area contributed by atoms with Crippen molar-refractivity contribution >= 4 is 58.2 Å². The molecule has 2 aromatic rings. The SMILES string of the molecule is O=C(Nc1ccc(C2OC(CSCCO)CC(c3ccc(CO)cc3)O2)cc1)C(Cl)(Cl)Cl. The van der Waals surface area contributed by atoms with E-state index in [0.717, 1.165) is 22.4 Å². The third-order valence-corrected chi connectivity index (χ3v) is 6.45. The minimum atomic E-state index is -2.05. The second kappa shape index (κ2) is 11.9. The monoisotopic (exact) mass is 519 g/mol. The molecule has 1 aliphatic heterocycles. The smallest absolute Gasteiger partial charge is 0.276 e. The molecule has 1 saturated heterocycles. The molecule has 0 bridgehead atoms. The predicted octanol–water partition coefficient (Wildman–Crippen LogP) is 4.76. The fourth-order valence-corrected chi connectivity index (χ4v) is 4.14. The van der Waals surface area contributed by atoms with E-state index in [0.29, 0.717) is 17.9 Å². The molecule has 0 aromatic heterocycles. The van der Waals surface area contributed by atoms with Crippen LogP contribution in [0.15, 0.2) is 48.5 Å². The second-order valence-corrected chi connectivity index (χ2v) is 10.7. The molecule has 3 N–H and O–H groups in total. The van der Waals surface area contributed by atoms with Crippen molar-refractivity contribution in [2.75, 3.05) is 23.4 Å². The van der Waals surface area contributed by atoms with Crippen LogP contribution in [0, 0.1) is 0 Å². The fourth-order valence-electron chi connectivity index (χ4n) is 3.23. The summed E-state index contributed by atoms with van der Waals surface area (Å²) in [4.78, 5) is 11.8. The molecule has 6 nitrogen and oxygen atoms in total. The number of carbonyl (C=O) groups is 1. The molecule has 0 saturated carbocycles. The topological polar surface area (TPSA) is 88.0 Å². The molecule has 3 rings (SSSR count). The lowest BCUT2D eigenvalue weighted by Gasteiger charge is -2.36. The highest BCUT2D eigenvalue weighted by molar-refractivity contribution is 7.99. The number of carbonyl (C=O) groups excluding carboxylic acids is 1. The number of benzene rings is 2.